The molecule has 4 aliphatic heterocycles. The fraction of sp³-hybridized carbons (Fsp3) is 0.0353. The lowest BCUT2D eigenvalue weighted by Crippen LogP contribution is -2.75. The van der Waals surface area contributed by atoms with E-state index >= 15 is 0 Å². The minimum absolute atomic E-state index is 0.0589. The Morgan fingerprint density at radius 3 is 1.21 bits per heavy atom. The predicted octanol–water partition coefficient (Wildman–Crippen LogP) is 15.0. The molecule has 92 heavy (non-hydrogen) atoms. The average molecular weight is 1190 g/mol. The number of nitrogens with zero attached hydrogens (tertiary/aromatic N) is 2. The largest absolute Gasteiger partial charge is 0.458 e. The number of para-hydroxylation sites is 4. The highest BCUT2D eigenvalue weighted by Gasteiger charge is 2.48. The summed E-state index contributed by atoms with van der Waals surface area (Å²) < 4.78 is 14.8. The normalized spacial score (nSPS) is 12.9. The molecule has 7 heteroatoms. The molecular weight excluding hydrogens is 1130 g/mol. The minimum Gasteiger partial charge on any atom is -0.458 e. The molecule has 15 aromatic rings. The SMILES string of the molecule is Cc1ccc2c(c1)Oc1cc(C)cc3c1B2c1cc2c(C)cc4c5c(cc6c([Si](c7ccccc7)(c7ccccc7)c7ccccc7)cc-3c1c6c25)B1c2ccc(N(c3ccccc3)c3ccccc3)cc2Oc2cc(N(c3ccccc3)c3ccccc3)cc-4c21. The Kier molecular flexibility index (Phi) is 11.6. The number of ether oxygens (including phenoxy) is 2. The van der Waals surface area contributed by atoms with Crippen molar-refractivity contribution in [2.45, 2.75) is 20.8 Å². The molecule has 15 aromatic carbocycles. The molecule has 0 radical (unpaired) electrons. The van der Waals surface area contributed by atoms with Crippen LogP contribution in [0.25, 0.3) is 54.6 Å². The molecular formula is C85H58B2N2O2Si. The fourth-order valence-electron chi connectivity index (χ4n) is 16.7. The third-order valence-corrected chi connectivity index (χ3v) is 25.2. The zero-order valence-electron chi connectivity index (χ0n) is 51.2. The van der Waals surface area contributed by atoms with E-state index < -0.39 is 8.07 Å². The number of anilines is 6. The maximum absolute atomic E-state index is 7.69. The topological polar surface area (TPSA) is 24.9 Å². The van der Waals surface area contributed by atoms with Gasteiger partial charge >= 0.3 is 0 Å². The van der Waals surface area contributed by atoms with Gasteiger partial charge in [0.2, 0.25) is 0 Å². The van der Waals surface area contributed by atoms with Gasteiger partial charge in [0.05, 0.1) is 5.69 Å². The van der Waals surface area contributed by atoms with Crippen LogP contribution in [0.3, 0.4) is 0 Å². The minimum atomic E-state index is -3.31. The molecule has 0 N–H and O–H groups in total. The van der Waals surface area contributed by atoms with Crippen LogP contribution < -0.4 is 72.8 Å². The standard InChI is InChI=1S/C85H58B2N2O2Si/c1-53-39-41-71-75(44-53)90-77-45-54(2)43-68-67-52-79(92(62-33-19-8-20-34-62,63-35-21-9-22-36-63)64-37-23-10-24-38-64)70-51-74-80-66(46-55(3)65-50-73(86(71)84(68)77)81(67)83(70)82(65)80)69-47-61(89(58-29-15-6-16-30-58)59-31-17-7-18-32-59)49-78-85(69)87(74)72-42-40-60(48-76(72)91-78)88(56-25-11-4-12-26-56)57-27-13-5-14-28-57/h4-52H,1-3H3. The van der Waals surface area contributed by atoms with E-state index in [-0.39, 0.29) is 13.4 Å². The smallest absolute Gasteiger partial charge is 0.252 e. The first-order chi connectivity index (χ1) is 45.4. The van der Waals surface area contributed by atoms with Crippen LogP contribution in [0.4, 0.5) is 34.1 Å². The number of hydrogen-bond acceptors (Lipinski definition) is 4. The molecule has 0 saturated carbocycles. The fourth-order valence-corrected chi connectivity index (χ4v) is 21.7. The Balaban J connectivity index is 0.995. The molecule has 0 spiro atoms. The number of benzene rings is 15. The van der Waals surface area contributed by atoms with Crippen LogP contribution in [0.5, 0.6) is 23.0 Å². The van der Waals surface area contributed by atoms with Gasteiger partial charge in [-0.25, -0.2) is 0 Å². The summed E-state index contributed by atoms with van der Waals surface area (Å²) in [6, 6.07) is 111. The van der Waals surface area contributed by atoms with E-state index in [9.17, 15) is 0 Å². The molecule has 430 valence electrons. The Labute approximate surface area is 537 Å². The van der Waals surface area contributed by atoms with Crippen LogP contribution in [-0.2, 0) is 0 Å². The highest BCUT2D eigenvalue weighted by molar-refractivity contribution is 7.21. The first-order valence-electron chi connectivity index (χ1n) is 32.1. The van der Waals surface area contributed by atoms with Crippen LogP contribution in [0.1, 0.15) is 16.7 Å². The summed E-state index contributed by atoms with van der Waals surface area (Å²) in [5, 5.41) is 13.3. The zero-order chi connectivity index (χ0) is 60.9. The van der Waals surface area contributed by atoms with E-state index in [2.05, 4.69) is 328 Å². The van der Waals surface area contributed by atoms with Crippen molar-refractivity contribution in [1.29, 1.82) is 0 Å². The van der Waals surface area contributed by atoms with Crippen molar-refractivity contribution in [2.24, 2.45) is 0 Å². The van der Waals surface area contributed by atoms with Gasteiger partial charge in [0.1, 0.15) is 23.0 Å². The number of fused-ring (bicyclic) bond motifs is 8. The van der Waals surface area contributed by atoms with Crippen LogP contribution >= 0.6 is 0 Å². The van der Waals surface area contributed by atoms with Crippen molar-refractivity contribution >= 4 is 141 Å². The van der Waals surface area contributed by atoms with Crippen LogP contribution in [0.15, 0.2) is 297 Å². The van der Waals surface area contributed by atoms with E-state index in [1.807, 2.05) is 0 Å². The van der Waals surface area contributed by atoms with E-state index in [1.165, 1.54) is 119 Å². The summed E-state index contributed by atoms with van der Waals surface area (Å²) in [7, 11) is -3.31. The van der Waals surface area contributed by atoms with Crippen molar-refractivity contribution in [3.05, 3.63) is 314 Å². The van der Waals surface area contributed by atoms with Crippen molar-refractivity contribution in [1.82, 2.24) is 0 Å². The first kappa shape index (κ1) is 52.8. The first-order valence-corrected chi connectivity index (χ1v) is 34.1. The summed E-state index contributed by atoms with van der Waals surface area (Å²) in [6.07, 6.45) is 0. The Morgan fingerprint density at radius 1 is 0.283 bits per heavy atom. The molecule has 0 amide bonds. The summed E-state index contributed by atoms with van der Waals surface area (Å²) in [5.41, 5.74) is 22.3. The number of aryl methyl sites for hydroxylation is 3. The lowest BCUT2D eigenvalue weighted by molar-refractivity contribution is 0.487. The van der Waals surface area contributed by atoms with E-state index in [0.29, 0.717) is 0 Å². The third kappa shape index (κ3) is 7.60. The van der Waals surface area contributed by atoms with Crippen molar-refractivity contribution < 1.29 is 9.47 Å². The predicted molar refractivity (Wildman–Crippen MR) is 391 cm³/mol. The third-order valence-electron chi connectivity index (χ3n) is 20.4. The molecule has 0 atom stereocenters. The molecule has 4 aliphatic rings. The van der Waals surface area contributed by atoms with Crippen LogP contribution in [-0.4, -0.2) is 21.5 Å². The van der Waals surface area contributed by atoms with Gasteiger partial charge in [0, 0.05) is 40.6 Å². The second-order valence-corrected chi connectivity index (χ2v) is 29.3. The summed E-state index contributed by atoms with van der Waals surface area (Å²) in [5.74, 6) is 3.58. The summed E-state index contributed by atoms with van der Waals surface area (Å²) >= 11 is 0. The van der Waals surface area contributed by atoms with Gasteiger partial charge in [-0.05, 0) is 207 Å². The van der Waals surface area contributed by atoms with Gasteiger partial charge in [-0.1, -0.05) is 223 Å². The lowest BCUT2D eigenvalue weighted by atomic mass is 9.32. The van der Waals surface area contributed by atoms with Crippen molar-refractivity contribution in [3.8, 4) is 45.3 Å². The van der Waals surface area contributed by atoms with Crippen molar-refractivity contribution in [2.75, 3.05) is 9.80 Å². The van der Waals surface area contributed by atoms with Gasteiger partial charge < -0.3 is 19.3 Å². The molecule has 0 aromatic heterocycles. The lowest BCUT2D eigenvalue weighted by Gasteiger charge is -2.40. The maximum Gasteiger partial charge on any atom is 0.252 e. The molecule has 0 fully saturated rings. The van der Waals surface area contributed by atoms with Crippen LogP contribution in [0, 0.1) is 20.8 Å². The summed E-state index contributed by atoms with van der Waals surface area (Å²) in [6.45, 7) is 6.51. The molecule has 0 unspecified atom stereocenters. The Hall–Kier alpha value is -11.1. The molecule has 0 bridgehead atoms. The quantitative estimate of drug-likeness (QED) is 0.0774. The highest BCUT2D eigenvalue weighted by atomic mass is 28.3. The zero-order valence-corrected chi connectivity index (χ0v) is 52.2. The number of rotatable bonds is 10. The Bertz CT molecular complexity index is 5330. The second-order valence-electron chi connectivity index (χ2n) is 25.6. The molecule has 0 saturated heterocycles. The maximum atomic E-state index is 7.69. The van der Waals surface area contributed by atoms with Gasteiger partial charge in [0.25, 0.3) is 13.4 Å². The molecule has 4 heterocycles. The Morgan fingerprint density at radius 2 is 0.685 bits per heavy atom. The van der Waals surface area contributed by atoms with Crippen molar-refractivity contribution in [3.63, 3.8) is 0 Å². The average Bonchev–Trinajstić information content (AvgIpc) is 0.668. The van der Waals surface area contributed by atoms with Gasteiger partial charge in [-0.15, -0.1) is 0 Å². The highest BCUT2D eigenvalue weighted by Crippen LogP contribution is 2.50. The monoisotopic (exact) mass is 1190 g/mol. The van der Waals surface area contributed by atoms with E-state index in [0.717, 1.165) is 62.6 Å². The van der Waals surface area contributed by atoms with E-state index in [1.54, 1.807) is 0 Å². The molecule has 0 aliphatic carbocycles. The van der Waals surface area contributed by atoms with E-state index in [4.69, 9.17) is 9.47 Å². The van der Waals surface area contributed by atoms with Crippen LogP contribution in [0.2, 0.25) is 0 Å². The van der Waals surface area contributed by atoms with Gasteiger partial charge in [0.15, 0.2) is 8.07 Å². The summed E-state index contributed by atoms with van der Waals surface area (Å²) in [4.78, 5) is 4.74. The van der Waals surface area contributed by atoms with Gasteiger partial charge in [-0.3, -0.25) is 0 Å². The molecule has 19 rings (SSSR count). The second kappa shape index (κ2) is 20.2. The van der Waals surface area contributed by atoms with Gasteiger partial charge in [-0.2, -0.15) is 0 Å². The molecule has 4 nitrogen and oxygen atoms in total. The number of hydrogen-bond donors (Lipinski definition) is 0.